The van der Waals surface area contributed by atoms with Crippen LogP contribution in [0.25, 0.3) is 0 Å². The van der Waals surface area contributed by atoms with E-state index in [2.05, 4.69) is 66.1 Å². The highest BCUT2D eigenvalue weighted by molar-refractivity contribution is 6.36. The van der Waals surface area contributed by atoms with Crippen LogP contribution in [-0.2, 0) is 44.5 Å². The van der Waals surface area contributed by atoms with Gasteiger partial charge in [0.25, 0.3) is 0 Å². The van der Waals surface area contributed by atoms with Crippen molar-refractivity contribution in [2.24, 2.45) is 0 Å². The van der Waals surface area contributed by atoms with E-state index in [1.807, 2.05) is 128 Å². The predicted molar refractivity (Wildman–Crippen MR) is 193 cm³/mol. The zero-order valence-corrected chi connectivity index (χ0v) is 29.0. The second-order valence-corrected chi connectivity index (χ2v) is 14.1. The normalized spacial score (nSPS) is 20.5. The average Bonchev–Trinajstić information content (AvgIpc) is 3.51. The molecule has 6 aromatic rings. The molecule has 0 unspecified atom stereocenters. The molecule has 0 saturated carbocycles. The Labute approximate surface area is 298 Å². The molecule has 6 nitrogen and oxygen atoms in total. The van der Waals surface area contributed by atoms with Crippen LogP contribution in [0.1, 0.15) is 40.3 Å². The molecule has 2 atom stereocenters. The van der Waals surface area contributed by atoms with Crippen molar-refractivity contribution < 1.29 is 20.9 Å². The quantitative estimate of drug-likeness (QED) is 0.123. The van der Waals surface area contributed by atoms with Gasteiger partial charge in [-0.05, 0) is 34.7 Å². The van der Waals surface area contributed by atoms with Crippen LogP contribution in [0.3, 0.4) is 0 Å². The van der Waals surface area contributed by atoms with Crippen molar-refractivity contribution in [2.45, 2.75) is 42.7 Å². The molecule has 2 aliphatic heterocycles. The van der Waals surface area contributed by atoms with E-state index >= 15 is 0 Å². The number of hydrogen-bond donors (Lipinski definition) is 1. The Bertz CT molecular complexity index is 1790. The summed E-state index contributed by atoms with van der Waals surface area (Å²) in [6.45, 7) is 2.46. The summed E-state index contributed by atoms with van der Waals surface area (Å²) in [7, 11) is 0. The monoisotopic (exact) mass is 675 g/mol. The fourth-order valence-corrected chi connectivity index (χ4v) is 9.19. The number of rotatable bonds is 9. The molecule has 0 bridgehead atoms. The third-order valence-electron chi connectivity index (χ3n) is 9.75. The number of ether oxygens (including phenoxy) is 2. The molecule has 8 rings (SSSR count). The van der Waals surface area contributed by atoms with Crippen LogP contribution in [0, 0.1) is 0 Å². The Morgan fingerprint density at radius 3 is 1.16 bits per heavy atom. The zero-order chi connectivity index (χ0) is 33.9. The molecule has 248 valence electrons. The second-order valence-electron chi connectivity index (χ2n) is 12.8. The van der Waals surface area contributed by atoms with E-state index < -0.39 is 44.3 Å². The van der Waals surface area contributed by atoms with Gasteiger partial charge < -0.3 is 20.9 Å². The van der Waals surface area contributed by atoms with Gasteiger partial charge in [-0.25, -0.2) is 5.48 Å². The fraction of sp³-hybridized carbons (Fsp3) is 0.163. The van der Waals surface area contributed by atoms with Crippen molar-refractivity contribution in [3.8, 4) is 0 Å². The SMILES string of the molecule is CC1(c2ccccc2)O[C@H]2[C@H](O1)C(c1ccccc1)(c1ccccc1)[O][Al]([O]NCc1ccccc1)[O]C2(c1ccccc1)c1ccccc1. The van der Waals surface area contributed by atoms with Gasteiger partial charge >= 0.3 is 15.1 Å². The van der Waals surface area contributed by atoms with Crippen molar-refractivity contribution in [1.29, 1.82) is 0 Å². The molecule has 0 aromatic heterocycles. The van der Waals surface area contributed by atoms with Crippen molar-refractivity contribution >= 4 is 15.1 Å². The van der Waals surface area contributed by atoms with E-state index in [0.29, 0.717) is 6.54 Å². The maximum Gasteiger partial charge on any atom is 0.925 e. The van der Waals surface area contributed by atoms with E-state index in [0.717, 1.165) is 33.4 Å². The van der Waals surface area contributed by atoms with E-state index in [1.165, 1.54) is 0 Å². The van der Waals surface area contributed by atoms with Gasteiger partial charge in [-0.1, -0.05) is 182 Å². The second kappa shape index (κ2) is 14.1. The molecule has 0 aliphatic carbocycles. The molecule has 2 saturated heterocycles. The maximum absolute atomic E-state index is 7.48. The maximum atomic E-state index is 7.48. The molecule has 6 aromatic carbocycles. The van der Waals surface area contributed by atoms with Crippen molar-refractivity contribution in [1.82, 2.24) is 5.48 Å². The van der Waals surface area contributed by atoms with E-state index in [-0.39, 0.29) is 0 Å². The van der Waals surface area contributed by atoms with Gasteiger partial charge in [0.1, 0.15) is 23.4 Å². The lowest BCUT2D eigenvalue weighted by molar-refractivity contribution is -0.202. The largest absolute Gasteiger partial charge is 0.925 e. The highest BCUT2D eigenvalue weighted by Crippen LogP contribution is 2.57. The van der Waals surface area contributed by atoms with Crippen LogP contribution in [0.15, 0.2) is 182 Å². The van der Waals surface area contributed by atoms with Gasteiger partial charge in [0.05, 0.1) is 0 Å². The van der Waals surface area contributed by atoms with Crippen LogP contribution in [0.2, 0.25) is 0 Å². The first-order valence-electron chi connectivity index (χ1n) is 17.0. The summed E-state index contributed by atoms with van der Waals surface area (Å²) in [5.74, 6) is -1.15. The lowest BCUT2D eigenvalue weighted by Gasteiger charge is -2.43. The fourth-order valence-electron chi connectivity index (χ4n) is 7.41. The molecule has 2 aliphatic rings. The van der Waals surface area contributed by atoms with E-state index in [9.17, 15) is 0 Å². The Balaban J connectivity index is 1.38. The lowest BCUT2D eigenvalue weighted by atomic mass is 9.72. The molecule has 0 spiro atoms. The van der Waals surface area contributed by atoms with Crippen LogP contribution in [0.4, 0.5) is 0 Å². The Morgan fingerprint density at radius 2 is 0.800 bits per heavy atom. The third-order valence-corrected chi connectivity index (χ3v) is 11.2. The summed E-state index contributed by atoms with van der Waals surface area (Å²) in [5.41, 5.74) is 6.43. The zero-order valence-electron chi connectivity index (χ0n) is 27.8. The molecular weight excluding hydrogens is 637 g/mol. The van der Waals surface area contributed by atoms with Crippen LogP contribution in [0.5, 0.6) is 0 Å². The lowest BCUT2D eigenvalue weighted by Crippen LogP contribution is -2.53. The van der Waals surface area contributed by atoms with Crippen molar-refractivity contribution in [3.63, 3.8) is 0 Å². The number of fused-ring (bicyclic) bond motifs is 1. The van der Waals surface area contributed by atoms with Gasteiger partial charge in [-0.3, -0.25) is 0 Å². The first kappa shape index (κ1) is 32.8. The standard InChI is InChI=1S/C36H30O4.C7H8NO.Al/c1-34(27-17-7-2-8-18-27)39-32(35(37,28-19-9-3-10-20-28)29-21-11-4-12-22-29)33(40-34)36(38,30-23-13-5-14-24-30)31-25-15-6-16-26-31;9-8-6-7-4-2-1-3-5-7;/h2-26,32-33H,1H3;1-5,8H,6H2;/q-2;-1;+3/t32-,33-;;/m0../s1. The van der Waals surface area contributed by atoms with Crippen LogP contribution < -0.4 is 5.48 Å². The molecule has 2 fully saturated rings. The number of hydroxylamine groups is 1. The molecule has 7 heteroatoms. The Hall–Kier alpha value is -4.39. The molecule has 0 amide bonds. The third kappa shape index (κ3) is 5.92. The highest BCUT2D eigenvalue weighted by atomic mass is 27.3. The first-order valence-corrected chi connectivity index (χ1v) is 18.4. The van der Waals surface area contributed by atoms with Crippen LogP contribution >= 0.6 is 0 Å². The summed E-state index contributed by atoms with van der Waals surface area (Å²) >= 11 is -3.19. The molecule has 50 heavy (non-hydrogen) atoms. The van der Waals surface area contributed by atoms with Gasteiger partial charge in [-0.15, -0.1) is 0 Å². The molecule has 2 heterocycles. The summed E-state index contributed by atoms with van der Waals surface area (Å²) < 4.78 is 36.3. The van der Waals surface area contributed by atoms with Crippen molar-refractivity contribution in [2.75, 3.05) is 0 Å². The van der Waals surface area contributed by atoms with E-state index in [4.69, 9.17) is 20.9 Å². The number of benzene rings is 6. The molecule has 0 radical (unpaired) electrons. The Kier molecular flexibility index (Phi) is 9.24. The number of hydrogen-bond acceptors (Lipinski definition) is 6. The molecule has 1 N–H and O–H groups in total. The van der Waals surface area contributed by atoms with E-state index in [1.54, 1.807) is 0 Å². The average molecular weight is 676 g/mol. The summed E-state index contributed by atoms with van der Waals surface area (Å²) in [6, 6.07) is 61.2. The number of nitrogens with one attached hydrogen (secondary N) is 1. The topological polar surface area (TPSA) is 58.2 Å². The smallest absolute Gasteiger partial charge is 0.439 e. The summed E-state index contributed by atoms with van der Waals surface area (Å²) in [6.07, 6.45) is -1.43. The highest BCUT2D eigenvalue weighted by Gasteiger charge is 2.69. The van der Waals surface area contributed by atoms with Crippen molar-refractivity contribution in [3.05, 3.63) is 215 Å². The minimum atomic E-state index is -3.19. The van der Waals surface area contributed by atoms with Gasteiger partial charge in [0.15, 0.2) is 5.79 Å². The van der Waals surface area contributed by atoms with Gasteiger partial charge in [-0.2, -0.15) is 0 Å². The molecular formula is C43H38AlNO5. The summed E-state index contributed by atoms with van der Waals surface area (Å²) in [5, 5.41) is 0. The summed E-state index contributed by atoms with van der Waals surface area (Å²) in [4.78, 5) is 0. The van der Waals surface area contributed by atoms with Gasteiger partial charge in [0, 0.05) is 12.1 Å². The predicted octanol–water partition coefficient (Wildman–Crippen LogP) is 8.28. The minimum Gasteiger partial charge on any atom is -0.439 e. The first-order chi connectivity index (χ1) is 24.6. The minimum absolute atomic E-state index is 0.469. The van der Waals surface area contributed by atoms with Crippen LogP contribution in [-0.4, -0.2) is 27.4 Å². The van der Waals surface area contributed by atoms with Gasteiger partial charge in [0.2, 0.25) is 0 Å². The Morgan fingerprint density at radius 1 is 0.480 bits per heavy atom.